The van der Waals surface area contributed by atoms with Crippen molar-refractivity contribution in [1.82, 2.24) is 0 Å². The van der Waals surface area contributed by atoms with Gasteiger partial charge < -0.3 is 0 Å². The van der Waals surface area contributed by atoms with Crippen molar-refractivity contribution in [2.24, 2.45) is 0 Å². The van der Waals surface area contributed by atoms with Crippen LogP contribution in [0.2, 0.25) is 28.9 Å². The number of rotatable bonds is 4. The summed E-state index contributed by atoms with van der Waals surface area (Å²) in [6, 6.07) is 16.5. The minimum atomic E-state index is -3.07. The van der Waals surface area contributed by atoms with Crippen molar-refractivity contribution in [2.45, 2.75) is 45.9 Å². The molecule has 0 aliphatic heterocycles. The molecule has 2 aliphatic carbocycles. The second kappa shape index (κ2) is 9.07. The quantitative estimate of drug-likeness (QED) is 0.339. The van der Waals surface area contributed by atoms with Crippen LogP contribution in [0.25, 0.3) is 16.7 Å². The van der Waals surface area contributed by atoms with Crippen molar-refractivity contribution in [2.75, 3.05) is 0 Å². The molecular formula is C26H36Cl2Si2Zr. The fourth-order valence-corrected chi connectivity index (χ4v) is 19.3. The van der Waals surface area contributed by atoms with E-state index < -0.39 is 25.5 Å². The Morgan fingerprint density at radius 3 is 2.16 bits per heavy atom. The van der Waals surface area contributed by atoms with Crippen molar-refractivity contribution in [1.29, 1.82) is 0 Å². The minimum Gasteiger partial charge on any atom is -0.147 e. The maximum Gasteiger partial charge on any atom is -0.147 e. The molecule has 4 rings (SSSR count). The van der Waals surface area contributed by atoms with Crippen LogP contribution in [0.5, 0.6) is 0 Å². The Morgan fingerprint density at radius 1 is 0.968 bits per heavy atom. The summed E-state index contributed by atoms with van der Waals surface area (Å²) in [7, 11) is -1.27. The van der Waals surface area contributed by atoms with Crippen LogP contribution in [-0.4, -0.2) is 15.0 Å². The molecule has 0 radical (unpaired) electrons. The van der Waals surface area contributed by atoms with E-state index in [0.717, 1.165) is 0 Å². The molecule has 0 spiro atoms. The van der Waals surface area contributed by atoms with Crippen LogP contribution in [0.15, 0.2) is 70.0 Å². The Balaban J connectivity index is 0.00000171. The normalized spacial score (nSPS) is 18.0. The van der Waals surface area contributed by atoms with Crippen molar-refractivity contribution < 1.29 is 17.4 Å². The molecule has 2 aromatic carbocycles. The summed E-state index contributed by atoms with van der Waals surface area (Å²) in [6.45, 7) is 12.0. The van der Waals surface area contributed by atoms with Gasteiger partial charge in [-0.3, -0.25) is 0 Å². The van der Waals surface area contributed by atoms with E-state index in [2.05, 4.69) is 109 Å². The third-order valence-corrected chi connectivity index (χ3v) is 26.7. The van der Waals surface area contributed by atoms with Gasteiger partial charge >= 0.3 is 181 Å². The molecule has 0 N–H and O–H groups in total. The number of allylic oxidation sites excluding steroid dienone is 6. The number of hydrogen-bond donors (Lipinski definition) is 0. The van der Waals surface area contributed by atoms with Crippen LogP contribution in [0.1, 0.15) is 28.1 Å². The first-order valence-electron chi connectivity index (χ1n) is 10.8. The third-order valence-electron chi connectivity index (χ3n) is 7.13. The van der Waals surface area contributed by atoms with E-state index in [0.29, 0.717) is 3.63 Å². The van der Waals surface area contributed by atoms with Gasteiger partial charge in [-0.2, -0.15) is 0 Å². The molecule has 2 aliphatic rings. The van der Waals surface area contributed by atoms with E-state index in [-0.39, 0.29) is 24.8 Å². The maximum absolute atomic E-state index is 3.07. The third kappa shape index (κ3) is 4.78. The molecule has 0 bridgehead atoms. The van der Waals surface area contributed by atoms with Crippen molar-refractivity contribution in [3.05, 3.63) is 81.2 Å². The zero-order valence-corrected chi connectivity index (χ0v) is 26.2. The zero-order valence-electron chi connectivity index (χ0n) is 19.7. The molecule has 1 unspecified atom stereocenters. The van der Waals surface area contributed by atoms with Gasteiger partial charge in [-0.25, -0.2) is 0 Å². The molecular weight excluding hydrogens is 531 g/mol. The molecule has 1 atom stereocenters. The SMILES string of the molecule is CC1=C[CH]([Zr]([CH3])([CH3])(=[SiH2])[C]2=CC=CC2)c2cccc(-c3ccc([Si](C)(C)C)cc3)c21.Cl.Cl. The smallest absolute Gasteiger partial charge is 0.147 e. The van der Waals surface area contributed by atoms with E-state index in [1.807, 2.05) is 0 Å². The van der Waals surface area contributed by atoms with Crippen molar-refractivity contribution >= 4 is 50.5 Å². The summed E-state index contributed by atoms with van der Waals surface area (Å²) in [4.78, 5) is 0. The molecule has 0 saturated carbocycles. The van der Waals surface area contributed by atoms with E-state index in [4.69, 9.17) is 0 Å². The maximum atomic E-state index is 2.65. The van der Waals surface area contributed by atoms with Crippen molar-refractivity contribution in [3.8, 4) is 11.1 Å². The molecule has 0 aromatic heterocycles. The zero-order chi connectivity index (χ0) is 21.1. The molecule has 31 heavy (non-hydrogen) atoms. The summed E-state index contributed by atoms with van der Waals surface area (Å²) in [5.74, 6) is 0. The van der Waals surface area contributed by atoms with Gasteiger partial charge in [0, 0.05) is 0 Å². The van der Waals surface area contributed by atoms with Gasteiger partial charge in [0.25, 0.3) is 0 Å². The van der Waals surface area contributed by atoms with Gasteiger partial charge in [0.15, 0.2) is 0 Å². The summed E-state index contributed by atoms with van der Waals surface area (Å²) < 4.78 is 7.66. The number of halogens is 2. The topological polar surface area (TPSA) is 0 Å². The first-order chi connectivity index (χ1) is 13.5. The van der Waals surface area contributed by atoms with Crippen LogP contribution in [0.4, 0.5) is 0 Å². The predicted octanol–water partition coefficient (Wildman–Crippen LogP) is 7.38. The number of hydrogen-bond acceptors (Lipinski definition) is 0. The average molecular weight is 567 g/mol. The summed E-state index contributed by atoms with van der Waals surface area (Å²) in [5, 5.41) is 1.53. The van der Waals surface area contributed by atoms with Crippen LogP contribution in [0, 0.1) is 0 Å². The summed E-state index contributed by atoms with van der Waals surface area (Å²) >= 11 is -3.07. The second-order valence-corrected chi connectivity index (χ2v) is 45.9. The number of fused-ring (bicyclic) bond motifs is 1. The molecule has 0 heterocycles. The van der Waals surface area contributed by atoms with Crippen LogP contribution < -0.4 is 5.19 Å². The number of benzene rings is 2. The average Bonchev–Trinajstić information content (AvgIpc) is 3.30. The minimum absolute atomic E-state index is 0. The van der Waals surface area contributed by atoms with Gasteiger partial charge in [-0.15, -0.1) is 24.8 Å². The Kier molecular flexibility index (Phi) is 7.84. The van der Waals surface area contributed by atoms with Crippen LogP contribution in [-0.2, 0) is 17.4 Å². The van der Waals surface area contributed by atoms with Gasteiger partial charge in [-0.1, -0.05) is 0 Å². The Bertz CT molecular complexity index is 1140. The first-order valence-corrected chi connectivity index (χ1v) is 27.8. The van der Waals surface area contributed by atoms with Gasteiger partial charge in [-0.05, 0) is 0 Å². The van der Waals surface area contributed by atoms with Gasteiger partial charge in [0.1, 0.15) is 0 Å². The molecule has 0 saturated heterocycles. The second-order valence-electron chi connectivity index (χ2n) is 11.1. The Labute approximate surface area is 204 Å². The van der Waals surface area contributed by atoms with E-state index in [1.165, 1.54) is 33.9 Å². The van der Waals surface area contributed by atoms with Crippen LogP contribution in [0.3, 0.4) is 0 Å². The Morgan fingerprint density at radius 2 is 1.61 bits per heavy atom. The first kappa shape index (κ1) is 26.8. The molecule has 0 amide bonds. The van der Waals surface area contributed by atoms with E-state index in [1.54, 1.807) is 8.84 Å². The fourth-order valence-electron chi connectivity index (χ4n) is 5.10. The molecule has 2 aromatic rings. The van der Waals surface area contributed by atoms with Gasteiger partial charge in [0.05, 0.1) is 0 Å². The molecule has 0 fully saturated rings. The fraction of sp³-hybridized carbons (Fsp3) is 0.308. The molecule has 5 heteroatoms. The summed E-state index contributed by atoms with van der Waals surface area (Å²) in [6.07, 6.45) is 10.8. The van der Waals surface area contributed by atoms with E-state index >= 15 is 0 Å². The molecule has 0 nitrogen and oxygen atoms in total. The monoisotopic (exact) mass is 564 g/mol. The summed E-state index contributed by atoms with van der Waals surface area (Å²) in [5.41, 5.74) is 7.32. The van der Waals surface area contributed by atoms with Crippen molar-refractivity contribution in [3.63, 3.8) is 0 Å². The largest absolute Gasteiger partial charge is 0.147 e. The molecule has 166 valence electrons. The predicted molar refractivity (Wildman–Crippen MR) is 148 cm³/mol. The van der Waals surface area contributed by atoms with Gasteiger partial charge in [0.2, 0.25) is 0 Å². The Hall–Kier alpha value is -0.443. The van der Waals surface area contributed by atoms with E-state index in [9.17, 15) is 0 Å². The standard InChI is InChI=1S/C19H21Si.C5H5.2CH3.2ClH.H2Si.Zr/c1-14-8-9-16-6-5-7-18(19(14)16)15-10-12-17(13-11-15)20(2,3)4;1-2-4-5-3-1;;;;;;/h5-13H,1-4H3;1-3H,4H2;2*1H3;2*1H;1H2;. The van der Waals surface area contributed by atoms with Crippen LogP contribution >= 0.6 is 24.8 Å².